The molecule has 0 radical (unpaired) electrons. The van der Waals surface area contributed by atoms with E-state index >= 15 is 0 Å². The number of carboxylic acid groups (broad SMARTS) is 1. The van der Waals surface area contributed by atoms with Crippen molar-refractivity contribution in [3.63, 3.8) is 0 Å². The molecule has 2 aromatic rings. The number of halogens is 3. The summed E-state index contributed by atoms with van der Waals surface area (Å²) in [6.45, 7) is 5.30. The summed E-state index contributed by atoms with van der Waals surface area (Å²) in [4.78, 5) is 27.8. The molecule has 1 saturated heterocycles. The minimum absolute atomic E-state index is 0.0853. The Labute approximate surface area is 212 Å². The maximum atomic E-state index is 13.5. The van der Waals surface area contributed by atoms with Crippen molar-refractivity contribution in [3.05, 3.63) is 54.4 Å². The predicted octanol–water partition coefficient (Wildman–Crippen LogP) is 3.32. The molecule has 1 amide bonds. The Morgan fingerprint density at radius 2 is 1.78 bits per heavy atom. The molecule has 2 aliphatic heterocycles. The Hall–Kier alpha value is -3.19. The number of fused-ring (bicyclic) bond motifs is 1. The van der Waals surface area contributed by atoms with Gasteiger partial charge in [-0.1, -0.05) is 32.0 Å². The fourth-order valence-electron chi connectivity index (χ4n) is 4.12. The second kappa shape index (κ2) is 11.1. The van der Waals surface area contributed by atoms with E-state index in [1.165, 1.54) is 4.31 Å². The summed E-state index contributed by atoms with van der Waals surface area (Å²) in [7, 11) is -3.77. The SMILES string of the molecule is CC(C)CC(=O)N1CCC2(C1)CN(Cc1ccccn1)S(=O)(=O)c1ccccc1O2.O=C(O)C(F)(F)F. The number of rotatable bonds is 4. The highest BCUT2D eigenvalue weighted by Gasteiger charge is 2.48. The Morgan fingerprint density at radius 3 is 2.38 bits per heavy atom. The number of carbonyl (C=O) groups excluding carboxylic acids is 1. The van der Waals surface area contributed by atoms with Gasteiger partial charge in [-0.3, -0.25) is 9.78 Å². The van der Waals surface area contributed by atoms with Crippen LogP contribution < -0.4 is 4.74 Å². The lowest BCUT2D eigenvalue weighted by Crippen LogP contribution is -2.49. The van der Waals surface area contributed by atoms with Gasteiger partial charge in [0.25, 0.3) is 0 Å². The number of para-hydroxylation sites is 1. The van der Waals surface area contributed by atoms with Crippen LogP contribution in [0.5, 0.6) is 5.75 Å². The highest BCUT2D eigenvalue weighted by Crippen LogP contribution is 2.39. The van der Waals surface area contributed by atoms with Gasteiger partial charge in [0.15, 0.2) is 0 Å². The Balaban J connectivity index is 0.000000479. The number of amides is 1. The molecule has 1 N–H and O–H groups in total. The van der Waals surface area contributed by atoms with Crippen molar-refractivity contribution in [2.45, 2.75) is 49.9 Å². The Kier molecular flexibility index (Phi) is 8.48. The molecule has 13 heteroatoms. The molecule has 0 bridgehead atoms. The molecule has 4 rings (SSSR count). The monoisotopic (exact) mass is 543 g/mol. The van der Waals surface area contributed by atoms with Gasteiger partial charge in [-0.05, 0) is 30.2 Å². The smallest absolute Gasteiger partial charge is 0.483 e. The number of aromatic nitrogens is 1. The first-order chi connectivity index (χ1) is 17.2. The number of benzene rings is 1. The molecule has 1 fully saturated rings. The number of alkyl halides is 3. The lowest BCUT2D eigenvalue weighted by Gasteiger charge is -2.32. The van der Waals surface area contributed by atoms with Crippen LogP contribution in [0.3, 0.4) is 0 Å². The number of hydrogen-bond acceptors (Lipinski definition) is 6. The van der Waals surface area contributed by atoms with Gasteiger partial charge in [-0.15, -0.1) is 0 Å². The summed E-state index contributed by atoms with van der Waals surface area (Å²) in [6.07, 6.45) is -2.37. The van der Waals surface area contributed by atoms with E-state index in [2.05, 4.69) is 4.98 Å². The molecule has 9 nitrogen and oxygen atoms in total. The maximum Gasteiger partial charge on any atom is 0.490 e. The highest BCUT2D eigenvalue weighted by molar-refractivity contribution is 7.89. The van der Waals surface area contributed by atoms with E-state index in [9.17, 15) is 26.4 Å². The van der Waals surface area contributed by atoms with Crippen LogP contribution in [-0.4, -0.2) is 71.0 Å². The number of carboxylic acids is 1. The highest BCUT2D eigenvalue weighted by atomic mass is 32.2. The Bertz CT molecular complexity index is 1220. The molecule has 1 aromatic carbocycles. The Morgan fingerprint density at radius 1 is 1.14 bits per heavy atom. The molecular formula is C24H28F3N3O6S. The molecule has 2 aliphatic rings. The number of pyridine rings is 1. The van der Waals surface area contributed by atoms with Crippen LogP contribution in [0.1, 0.15) is 32.4 Å². The van der Waals surface area contributed by atoms with Gasteiger partial charge in [0.1, 0.15) is 16.2 Å². The third kappa shape index (κ3) is 6.98. The van der Waals surface area contributed by atoms with E-state index < -0.39 is 27.8 Å². The molecule has 3 heterocycles. The number of hydrogen-bond donors (Lipinski definition) is 1. The fraction of sp³-hybridized carbons (Fsp3) is 0.458. The average Bonchev–Trinajstić information content (AvgIpc) is 3.19. The first-order valence-corrected chi connectivity index (χ1v) is 12.9. The zero-order chi connectivity index (χ0) is 27.4. The summed E-state index contributed by atoms with van der Waals surface area (Å²) in [5.41, 5.74) is -0.109. The van der Waals surface area contributed by atoms with Gasteiger partial charge in [0, 0.05) is 25.6 Å². The number of carbonyl (C=O) groups is 2. The summed E-state index contributed by atoms with van der Waals surface area (Å²) >= 11 is 0. The van der Waals surface area contributed by atoms with Crippen molar-refractivity contribution in [1.82, 2.24) is 14.2 Å². The second-order valence-corrected chi connectivity index (χ2v) is 11.2. The third-order valence-corrected chi connectivity index (χ3v) is 7.65. The van der Waals surface area contributed by atoms with E-state index in [1.54, 1.807) is 41.4 Å². The summed E-state index contributed by atoms with van der Waals surface area (Å²) in [5, 5.41) is 7.12. The van der Waals surface area contributed by atoms with Crippen molar-refractivity contribution in [2.75, 3.05) is 19.6 Å². The van der Waals surface area contributed by atoms with Gasteiger partial charge in [0.2, 0.25) is 15.9 Å². The maximum absolute atomic E-state index is 13.5. The lowest BCUT2D eigenvalue weighted by atomic mass is 10.0. The normalized spacial score (nSPS) is 21.0. The molecule has 37 heavy (non-hydrogen) atoms. The van der Waals surface area contributed by atoms with E-state index in [0.717, 1.165) is 0 Å². The zero-order valence-corrected chi connectivity index (χ0v) is 21.1. The van der Waals surface area contributed by atoms with Crippen LogP contribution in [0, 0.1) is 5.92 Å². The van der Waals surface area contributed by atoms with Crippen molar-refractivity contribution < 1.29 is 41.0 Å². The summed E-state index contributed by atoms with van der Waals surface area (Å²) < 4.78 is 66.5. The number of sulfonamides is 1. The van der Waals surface area contributed by atoms with Crippen LogP contribution >= 0.6 is 0 Å². The van der Waals surface area contributed by atoms with Gasteiger partial charge in [-0.25, -0.2) is 13.2 Å². The molecule has 1 atom stereocenters. The number of nitrogens with zero attached hydrogens (tertiary/aromatic N) is 3. The van der Waals surface area contributed by atoms with E-state index in [-0.39, 0.29) is 29.8 Å². The van der Waals surface area contributed by atoms with Crippen LogP contribution in [0.15, 0.2) is 53.6 Å². The number of aliphatic carboxylic acids is 1. The topological polar surface area (TPSA) is 117 Å². The third-order valence-electron chi connectivity index (χ3n) is 5.82. The molecule has 1 spiro atoms. The van der Waals surface area contributed by atoms with Crippen molar-refractivity contribution in [1.29, 1.82) is 0 Å². The van der Waals surface area contributed by atoms with Crippen molar-refractivity contribution >= 4 is 21.9 Å². The molecule has 0 aliphatic carbocycles. The van der Waals surface area contributed by atoms with Crippen LogP contribution in [0.2, 0.25) is 0 Å². The van der Waals surface area contributed by atoms with Gasteiger partial charge in [-0.2, -0.15) is 17.5 Å². The van der Waals surface area contributed by atoms with Gasteiger partial charge in [0.05, 0.1) is 25.3 Å². The zero-order valence-electron chi connectivity index (χ0n) is 20.3. The number of ether oxygens (including phenoxy) is 1. The summed E-state index contributed by atoms with van der Waals surface area (Å²) in [6, 6.07) is 12.2. The minimum Gasteiger partial charge on any atom is -0.483 e. The second-order valence-electron chi connectivity index (χ2n) is 9.29. The minimum atomic E-state index is -5.08. The molecule has 1 unspecified atom stereocenters. The van der Waals surface area contributed by atoms with E-state index in [1.807, 2.05) is 26.0 Å². The van der Waals surface area contributed by atoms with Crippen molar-refractivity contribution in [2.24, 2.45) is 5.92 Å². The lowest BCUT2D eigenvalue weighted by molar-refractivity contribution is -0.192. The van der Waals surface area contributed by atoms with Crippen LogP contribution in [0.25, 0.3) is 0 Å². The van der Waals surface area contributed by atoms with Crippen LogP contribution in [-0.2, 0) is 26.2 Å². The van der Waals surface area contributed by atoms with Crippen LogP contribution in [0.4, 0.5) is 13.2 Å². The average molecular weight is 544 g/mol. The van der Waals surface area contributed by atoms with E-state index in [0.29, 0.717) is 37.4 Å². The van der Waals surface area contributed by atoms with Crippen molar-refractivity contribution in [3.8, 4) is 5.75 Å². The molecule has 1 aromatic heterocycles. The predicted molar refractivity (Wildman–Crippen MR) is 126 cm³/mol. The van der Waals surface area contributed by atoms with Gasteiger partial charge < -0.3 is 14.7 Å². The molecule has 0 saturated carbocycles. The summed E-state index contributed by atoms with van der Waals surface area (Å²) in [5.74, 6) is -2.06. The molecular weight excluding hydrogens is 515 g/mol. The molecule has 202 valence electrons. The van der Waals surface area contributed by atoms with E-state index in [4.69, 9.17) is 14.6 Å². The first kappa shape index (κ1) is 28.4. The quantitative estimate of drug-likeness (QED) is 0.629. The van der Waals surface area contributed by atoms with Gasteiger partial charge >= 0.3 is 12.1 Å². The fourth-order valence-corrected chi connectivity index (χ4v) is 5.72. The largest absolute Gasteiger partial charge is 0.490 e. The first-order valence-electron chi connectivity index (χ1n) is 11.5. The standard InChI is InChI=1S/C22H27N3O4S.C2HF3O2/c1-17(2)13-21(26)24-12-10-22(15-24)16-25(14-18-7-5-6-11-23-18)30(27,28)20-9-4-3-8-19(20)29-22;3-2(4,5)1(6)7/h3-9,11,17H,10,12-16H2,1-2H3;(H,6,7). The number of likely N-dealkylation sites (tertiary alicyclic amines) is 1.